The Morgan fingerprint density at radius 1 is 1.07 bits per heavy atom. The van der Waals surface area contributed by atoms with E-state index in [-0.39, 0.29) is 12.2 Å². The molecule has 7 nitrogen and oxygen atoms in total. The number of rotatable bonds is 6. The highest BCUT2D eigenvalue weighted by molar-refractivity contribution is 7.89. The molecular weight excluding hydrogens is 399 g/mol. The molecule has 1 aliphatic heterocycles. The number of esters is 1. The average molecular weight is 420 g/mol. The number of nitrogens with zero attached hydrogens (tertiary/aromatic N) is 1. The van der Waals surface area contributed by atoms with Gasteiger partial charge in [-0.05, 0) is 62.2 Å². The predicted octanol–water partition coefficient (Wildman–Crippen LogP) is 3.04. The molecule has 2 aromatic carbocycles. The molecule has 1 aliphatic rings. The maximum Gasteiger partial charge on any atom is 0.338 e. The van der Waals surface area contributed by atoms with Crippen molar-refractivity contribution >= 4 is 27.6 Å². The third kappa shape index (κ3) is 4.63. The van der Waals surface area contributed by atoms with Crippen LogP contribution < -0.4 is 5.32 Å². The molecular formula is C20H21FN2O5S. The molecule has 1 amide bonds. The van der Waals surface area contributed by atoms with Crippen LogP contribution in [0.1, 0.15) is 40.5 Å². The topological polar surface area (TPSA) is 92.8 Å². The van der Waals surface area contributed by atoms with Gasteiger partial charge in [-0.2, -0.15) is 4.31 Å². The van der Waals surface area contributed by atoms with Crippen molar-refractivity contribution in [3.05, 3.63) is 59.4 Å². The maximum absolute atomic E-state index is 14.2. The Kier molecular flexibility index (Phi) is 6.29. The van der Waals surface area contributed by atoms with Crippen molar-refractivity contribution in [1.82, 2.24) is 4.31 Å². The molecule has 154 valence electrons. The molecule has 0 atom stereocenters. The van der Waals surface area contributed by atoms with Crippen LogP contribution in [-0.4, -0.2) is 44.3 Å². The van der Waals surface area contributed by atoms with Crippen LogP contribution in [0.2, 0.25) is 0 Å². The van der Waals surface area contributed by atoms with Gasteiger partial charge in [0.15, 0.2) is 0 Å². The first-order valence-electron chi connectivity index (χ1n) is 9.21. The van der Waals surface area contributed by atoms with Crippen LogP contribution in [0.3, 0.4) is 0 Å². The van der Waals surface area contributed by atoms with Crippen LogP contribution >= 0.6 is 0 Å². The fraction of sp³-hybridized carbons (Fsp3) is 0.300. The Morgan fingerprint density at radius 3 is 2.31 bits per heavy atom. The minimum atomic E-state index is -3.99. The van der Waals surface area contributed by atoms with E-state index in [9.17, 15) is 22.4 Å². The normalized spacial score (nSPS) is 14.6. The van der Waals surface area contributed by atoms with Gasteiger partial charge in [0.1, 0.15) is 10.7 Å². The lowest BCUT2D eigenvalue weighted by atomic mass is 10.2. The first-order valence-corrected chi connectivity index (χ1v) is 10.6. The molecule has 2 aromatic rings. The Morgan fingerprint density at radius 2 is 1.69 bits per heavy atom. The molecule has 0 saturated carbocycles. The molecule has 0 aromatic heterocycles. The van der Waals surface area contributed by atoms with Gasteiger partial charge in [0.2, 0.25) is 10.0 Å². The van der Waals surface area contributed by atoms with Crippen molar-refractivity contribution in [2.45, 2.75) is 24.7 Å². The largest absolute Gasteiger partial charge is 0.462 e. The first-order chi connectivity index (χ1) is 13.8. The van der Waals surface area contributed by atoms with E-state index in [1.165, 1.54) is 34.6 Å². The van der Waals surface area contributed by atoms with Crippen LogP contribution in [0.15, 0.2) is 47.4 Å². The second kappa shape index (κ2) is 8.71. The van der Waals surface area contributed by atoms with E-state index in [2.05, 4.69) is 5.32 Å². The summed E-state index contributed by atoms with van der Waals surface area (Å²) >= 11 is 0. The van der Waals surface area contributed by atoms with E-state index in [0.29, 0.717) is 24.3 Å². The third-order valence-corrected chi connectivity index (χ3v) is 6.44. The van der Waals surface area contributed by atoms with Crippen LogP contribution in [0, 0.1) is 5.82 Å². The number of anilines is 1. The number of amides is 1. The number of carbonyl (C=O) groups is 2. The fourth-order valence-corrected chi connectivity index (χ4v) is 4.62. The molecule has 1 saturated heterocycles. The summed E-state index contributed by atoms with van der Waals surface area (Å²) in [5.74, 6) is -1.96. The predicted molar refractivity (Wildman–Crippen MR) is 105 cm³/mol. The van der Waals surface area contributed by atoms with Crippen molar-refractivity contribution in [1.29, 1.82) is 0 Å². The summed E-state index contributed by atoms with van der Waals surface area (Å²) in [6.07, 6.45) is 1.45. The zero-order chi connectivity index (χ0) is 21.0. The van der Waals surface area contributed by atoms with Crippen LogP contribution in [-0.2, 0) is 14.8 Å². The summed E-state index contributed by atoms with van der Waals surface area (Å²) < 4.78 is 45.6. The number of sulfonamides is 1. The van der Waals surface area contributed by atoms with Gasteiger partial charge in [0.05, 0.1) is 12.2 Å². The molecule has 0 spiro atoms. The van der Waals surface area contributed by atoms with Crippen LogP contribution in [0.4, 0.5) is 10.1 Å². The highest BCUT2D eigenvalue weighted by Gasteiger charge is 2.30. The van der Waals surface area contributed by atoms with Crippen molar-refractivity contribution in [3.63, 3.8) is 0 Å². The average Bonchev–Trinajstić information content (AvgIpc) is 3.24. The fourth-order valence-electron chi connectivity index (χ4n) is 3.02. The summed E-state index contributed by atoms with van der Waals surface area (Å²) in [5, 5.41) is 2.60. The number of ether oxygens (including phenoxy) is 1. The molecule has 0 bridgehead atoms. The molecule has 0 aliphatic carbocycles. The molecule has 1 fully saturated rings. The van der Waals surface area contributed by atoms with E-state index >= 15 is 0 Å². The van der Waals surface area contributed by atoms with Crippen molar-refractivity contribution in [2.75, 3.05) is 25.0 Å². The molecule has 3 rings (SSSR count). The Hall–Kier alpha value is -2.78. The highest BCUT2D eigenvalue weighted by atomic mass is 32.2. The van der Waals surface area contributed by atoms with Gasteiger partial charge in [0.25, 0.3) is 5.91 Å². The minimum absolute atomic E-state index is 0.0126. The number of hydrogen-bond acceptors (Lipinski definition) is 5. The summed E-state index contributed by atoms with van der Waals surface area (Å²) in [6.45, 7) is 2.63. The summed E-state index contributed by atoms with van der Waals surface area (Å²) in [4.78, 5) is 23.7. The van der Waals surface area contributed by atoms with E-state index < -0.39 is 32.6 Å². The van der Waals surface area contributed by atoms with Crippen molar-refractivity contribution in [3.8, 4) is 0 Å². The summed E-state index contributed by atoms with van der Waals surface area (Å²) in [7, 11) is -3.99. The summed E-state index contributed by atoms with van der Waals surface area (Å²) in [6, 6.07) is 9.29. The Labute approximate surface area is 168 Å². The van der Waals surface area contributed by atoms with Gasteiger partial charge < -0.3 is 10.1 Å². The van der Waals surface area contributed by atoms with Gasteiger partial charge in [0, 0.05) is 24.3 Å². The molecule has 29 heavy (non-hydrogen) atoms. The monoisotopic (exact) mass is 420 g/mol. The maximum atomic E-state index is 14.2. The van der Waals surface area contributed by atoms with Gasteiger partial charge in [-0.1, -0.05) is 0 Å². The number of nitrogens with one attached hydrogen (secondary N) is 1. The smallest absolute Gasteiger partial charge is 0.338 e. The lowest BCUT2D eigenvalue weighted by molar-refractivity contribution is 0.0526. The molecule has 9 heteroatoms. The molecule has 0 unspecified atom stereocenters. The van der Waals surface area contributed by atoms with E-state index in [4.69, 9.17) is 4.74 Å². The summed E-state index contributed by atoms with van der Waals surface area (Å²) in [5.41, 5.74) is 0.751. The number of benzene rings is 2. The number of carbonyl (C=O) groups excluding carboxylic acids is 2. The second-order valence-corrected chi connectivity index (χ2v) is 8.41. The quantitative estimate of drug-likeness (QED) is 0.725. The van der Waals surface area contributed by atoms with Crippen LogP contribution in [0.5, 0.6) is 0 Å². The molecule has 1 heterocycles. The number of halogens is 1. The Bertz CT molecular complexity index is 1020. The zero-order valence-corrected chi connectivity index (χ0v) is 16.7. The van der Waals surface area contributed by atoms with Gasteiger partial charge in [-0.3, -0.25) is 4.79 Å². The molecule has 0 radical (unpaired) electrons. The zero-order valence-electron chi connectivity index (χ0n) is 15.9. The van der Waals surface area contributed by atoms with Crippen molar-refractivity contribution in [2.24, 2.45) is 0 Å². The lowest BCUT2D eigenvalue weighted by Crippen LogP contribution is -2.29. The van der Waals surface area contributed by atoms with Gasteiger partial charge >= 0.3 is 5.97 Å². The third-order valence-electron chi connectivity index (χ3n) is 4.53. The lowest BCUT2D eigenvalue weighted by Gasteiger charge is -2.16. The van der Waals surface area contributed by atoms with E-state index in [1.54, 1.807) is 6.92 Å². The van der Waals surface area contributed by atoms with E-state index in [0.717, 1.165) is 25.0 Å². The van der Waals surface area contributed by atoms with Crippen molar-refractivity contribution < 1.29 is 27.1 Å². The van der Waals surface area contributed by atoms with Gasteiger partial charge in [-0.15, -0.1) is 0 Å². The second-order valence-electron chi connectivity index (χ2n) is 6.51. The van der Waals surface area contributed by atoms with E-state index in [1.807, 2.05) is 0 Å². The number of hydrogen-bond donors (Lipinski definition) is 1. The highest BCUT2D eigenvalue weighted by Crippen LogP contribution is 2.24. The van der Waals surface area contributed by atoms with Gasteiger partial charge in [-0.25, -0.2) is 17.6 Å². The SMILES string of the molecule is CCOC(=O)c1ccc(NC(=O)c2ccc(F)c(S(=O)(=O)N3CCCC3)c2)cc1. The van der Waals surface area contributed by atoms with Crippen LogP contribution in [0.25, 0.3) is 0 Å². The standard InChI is InChI=1S/C20H21FN2O5S/c1-2-28-20(25)14-5-8-16(9-6-14)22-19(24)15-7-10-17(21)18(13-15)29(26,27)23-11-3-4-12-23/h5-10,13H,2-4,11-12H2,1H3,(H,22,24). The Balaban J connectivity index is 1.79. The first kappa shape index (κ1) is 20.9. The molecule has 1 N–H and O–H groups in total. The minimum Gasteiger partial charge on any atom is -0.462 e.